The highest BCUT2D eigenvalue weighted by molar-refractivity contribution is 5.41. The molecule has 0 spiro atoms. The second-order valence-electron chi connectivity index (χ2n) is 2.68. The average Bonchev–Trinajstić information content (AvgIpc) is 2.22. The number of allylic oxidation sites excluding steroid dienone is 4. The molecule has 0 aliphatic rings. The van der Waals surface area contributed by atoms with E-state index in [0.717, 1.165) is 16.9 Å². The molecular formula is C14H24O. The first kappa shape index (κ1) is 16.2. The van der Waals surface area contributed by atoms with Gasteiger partial charge in [0.15, 0.2) is 0 Å². The molecule has 0 saturated carbocycles. The lowest BCUT2D eigenvalue weighted by molar-refractivity contribution is 0.238. The van der Waals surface area contributed by atoms with Crippen molar-refractivity contribution in [2.45, 2.75) is 34.6 Å². The van der Waals surface area contributed by atoms with Crippen LogP contribution in [0.5, 0.6) is 0 Å². The summed E-state index contributed by atoms with van der Waals surface area (Å²) >= 11 is 0. The molecule has 0 aromatic carbocycles. The molecule has 0 radical (unpaired) electrons. The Morgan fingerprint density at radius 2 is 1.87 bits per heavy atom. The van der Waals surface area contributed by atoms with Gasteiger partial charge in [-0.1, -0.05) is 39.2 Å². The predicted molar refractivity (Wildman–Crippen MR) is 69.8 cm³/mol. The molecule has 0 aliphatic carbocycles. The van der Waals surface area contributed by atoms with Crippen molar-refractivity contribution >= 4 is 0 Å². The van der Waals surface area contributed by atoms with Gasteiger partial charge in [-0.25, -0.2) is 0 Å². The van der Waals surface area contributed by atoms with Gasteiger partial charge in [-0.2, -0.15) is 0 Å². The predicted octanol–water partition coefficient (Wildman–Crippen LogP) is 4.64. The number of hydrogen-bond donors (Lipinski definition) is 0. The summed E-state index contributed by atoms with van der Waals surface area (Å²) in [6.07, 6.45) is 5.57. The molecule has 0 aromatic heterocycles. The Labute approximate surface area is 94.8 Å². The molecule has 1 nitrogen and oxygen atoms in total. The maximum Gasteiger partial charge on any atom is 0.126 e. The summed E-state index contributed by atoms with van der Waals surface area (Å²) in [6, 6.07) is 0. The van der Waals surface area contributed by atoms with Gasteiger partial charge < -0.3 is 4.74 Å². The molecule has 0 fully saturated rings. The molecule has 0 saturated heterocycles. The van der Waals surface area contributed by atoms with Crippen LogP contribution in [0.15, 0.2) is 48.3 Å². The van der Waals surface area contributed by atoms with Crippen LogP contribution in [0.2, 0.25) is 0 Å². The molecule has 0 heterocycles. The van der Waals surface area contributed by atoms with Crippen molar-refractivity contribution in [3.63, 3.8) is 0 Å². The number of rotatable bonds is 5. The van der Waals surface area contributed by atoms with Crippen LogP contribution < -0.4 is 0 Å². The van der Waals surface area contributed by atoms with Gasteiger partial charge in [0.2, 0.25) is 0 Å². The summed E-state index contributed by atoms with van der Waals surface area (Å²) in [5.74, 6) is 0.840. The molecular weight excluding hydrogens is 184 g/mol. The standard InChI is InChI=1S/C12H18O.C2H6/c1-6-9-12(13-8-3)11(7-2)10(4)5;1-2/h6-7,9H,1,4,8H2,2-3,5H3;1-2H3/b11-7-,12-9+;. The van der Waals surface area contributed by atoms with Crippen LogP contribution in [0.4, 0.5) is 0 Å². The fraction of sp³-hybridized carbons (Fsp3) is 0.429. The molecule has 0 rings (SSSR count). The minimum Gasteiger partial charge on any atom is -0.493 e. The van der Waals surface area contributed by atoms with Crippen molar-refractivity contribution < 1.29 is 4.74 Å². The van der Waals surface area contributed by atoms with E-state index in [0.29, 0.717) is 6.61 Å². The van der Waals surface area contributed by atoms with E-state index < -0.39 is 0 Å². The van der Waals surface area contributed by atoms with Gasteiger partial charge in [0.25, 0.3) is 0 Å². The van der Waals surface area contributed by atoms with E-state index in [1.165, 1.54) is 0 Å². The lowest BCUT2D eigenvalue weighted by atomic mass is 10.1. The lowest BCUT2D eigenvalue weighted by Crippen LogP contribution is -1.96. The van der Waals surface area contributed by atoms with E-state index in [1.54, 1.807) is 6.08 Å². The topological polar surface area (TPSA) is 9.23 Å². The number of ether oxygens (including phenoxy) is 1. The SMILES string of the molecule is C=C/C=C(OCC)\C(=C/C)C(=C)C.CC. The summed E-state index contributed by atoms with van der Waals surface area (Å²) in [5.41, 5.74) is 2.05. The summed E-state index contributed by atoms with van der Waals surface area (Å²) in [7, 11) is 0. The van der Waals surface area contributed by atoms with E-state index in [2.05, 4.69) is 13.2 Å². The van der Waals surface area contributed by atoms with Crippen LogP contribution in [-0.2, 0) is 4.74 Å². The van der Waals surface area contributed by atoms with Crippen LogP contribution in [0.25, 0.3) is 0 Å². The number of hydrogen-bond acceptors (Lipinski definition) is 1. The van der Waals surface area contributed by atoms with Crippen molar-refractivity contribution in [3.8, 4) is 0 Å². The second kappa shape index (κ2) is 10.8. The maximum absolute atomic E-state index is 5.46. The molecule has 86 valence electrons. The van der Waals surface area contributed by atoms with Crippen molar-refractivity contribution in [2.75, 3.05) is 6.61 Å². The van der Waals surface area contributed by atoms with E-state index in [1.807, 2.05) is 46.8 Å². The van der Waals surface area contributed by atoms with Gasteiger partial charge >= 0.3 is 0 Å². The largest absolute Gasteiger partial charge is 0.493 e. The Hall–Kier alpha value is -1.24. The maximum atomic E-state index is 5.46. The molecule has 0 aromatic rings. The van der Waals surface area contributed by atoms with Crippen molar-refractivity contribution in [3.05, 3.63) is 48.3 Å². The molecule has 1 heteroatoms. The summed E-state index contributed by atoms with van der Waals surface area (Å²) < 4.78 is 5.46. The van der Waals surface area contributed by atoms with Gasteiger partial charge in [0, 0.05) is 5.57 Å². The van der Waals surface area contributed by atoms with Crippen molar-refractivity contribution in [2.24, 2.45) is 0 Å². The average molecular weight is 208 g/mol. The Kier molecular flexibility index (Phi) is 11.7. The van der Waals surface area contributed by atoms with Gasteiger partial charge in [-0.05, 0) is 32.4 Å². The van der Waals surface area contributed by atoms with E-state index in [-0.39, 0.29) is 0 Å². The van der Waals surface area contributed by atoms with Gasteiger partial charge in [-0.15, -0.1) is 0 Å². The molecule has 15 heavy (non-hydrogen) atoms. The highest BCUT2D eigenvalue weighted by Crippen LogP contribution is 2.18. The molecule has 0 aliphatic heterocycles. The molecule has 0 unspecified atom stereocenters. The Balaban J connectivity index is 0. The third-order valence-corrected chi connectivity index (χ3v) is 1.58. The fourth-order valence-electron chi connectivity index (χ4n) is 1.08. The first-order chi connectivity index (χ1) is 7.17. The van der Waals surface area contributed by atoms with E-state index >= 15 is 0 Å². The Morgan fingerprint density at radius 1 is 1.33 bits per heavy atom. The third-order valence-electron chi connectivity index (χ3n) is 1.58. The van der Waals surface area contributed by atoms with Crippen LogP contribution in [0, 0.1) is 0 Å². The highest BCUT2D eigenvalue weighted by Gasteiger charge is 2.04. The second-order valence-corrected chi connectivity index (χ2v) is 2.68. The summed E-state index contributed by atoms with van der Waals surface area (Å²) in [5, 5.41) is 0. The summed E-state index contributed by atoms with van der Waals surface area (Å²) in [6.45, 7) is 18.1. The highest BCUT2D eigenvalue weighted by atomic mass is 16.5. The smallest absolute Gasteiger partial charge is 0.126 e. The quantitative estimate of drug-likeness (QED) is 0.472. The first-order valence-corrected chi connectivity index (χ1v) is 5.45. The molecule has 0 N–H and O–H groups in total. The van der Waals surface area contributed by atoms with Crippen LogP contribution in [0.1, 0.15) is 34.6 Å². The van der Waals surface area contributed by atoms with Gasteiger partial charge in [-0.3, -0.25) is 0 Å². The monoisotopic (exact) mass is 208 g/mol. The zero-order valence-electron chi connectivity index (χ0n) is 10.8. The van der Waals surface area contributed by atoms with Crippen LogP contribution >= 0.6 is 0 Å². The Bertz CT molecular complexity index is 244. The first-order valence-electron chi connectivity index (χ1n) is 5.45. The van der Waals surface area contributed by atoms with Gasteiger partial charge in [0.05, 0.1) is 6.61 Å². The molecule has 0 amide bonds. The minimum atomic E-state index is 0.657. The van der Waals surface area contributed by atoms with Crippen molar-refractivity contribution in [1.29, 1.82) is 0 Å². The Morgan fingerprint density at radius 3 is 2.13 bits per heavy atom. The zero-order valence-corrected chi connectivity index (χ0v) is 10.8. The van der Waals surface area contributed by atoms with E-state index in [9.17, 15) is 0 Å². The van der Waals surface area contributed by atoms with Crippen molar-refractivity contribution in [1.82, 2.24) is 0 Å². The third kappa shape index (κ3) is 6.78. The van der Waals surface area contributed by atoms with Gasteiger partial charge in [0.1, 0.15) is 5.76 Å². The summed E-state index contributed by atoms with van der Waals surface area (Å²) in [4.78, 5) is 0. The van der Waals surface area contributed by atoms with Crippen LogP contribution in [0.3, 0.4) is 0 Å². The normalized spacial score (nSPS) is 11.3. The fourth-order valence-corrected chi connectivity index (χ4v) is 1.08. The van der Waals surface area contributed by atoms with Crippen LogP contribution in [-0.4, -0.2) is 6.61 Å². The van der Waals surface area contributed by atoms with E-state index in [4.69, 9.17) is 4.74 Å². The minimum absolute atomic E-state index is 0.657. The zero-order chi connectivity index (χ0) is 12.3. The lowest BCUT2D eigenvalue weighted by Gasteiger charge is -2.11. The molecule has 0 bridgehead atoms. The molecule has 0 atom stereocenters.